The lowest BCUT2D eigenvalue weighted by Gasteiger charge is -1.97. The van der Waals surface area contributed by atoms with Crippen LogP contribution < -0.4 is 4.43 Å². The molecule has 0 heterocycles. The van der Waals surface area contributed by atoms with E-state index >= 15 is 0 Å². The van der Waals surface area contributed by atoms with Crippen molar-refractivity contribution in [2.24, 2.45) is 0 Å². The number of benzene rings is 2. The van der Waals surface area contributed by atoms with Crippen molar-refractivity contribution in [3.63, 3.8) is 0 Å². The van der Waals surface area contributed by atoms with Gasteiger partial charge in [-0.05, 0) is 10.8 Å². The molecule has 2 aromatic carbocycles. The maximum atomic E-state index is 2.27. The van der Waals surface area contributed by atoms with Crippen LogP contribution in [-0.4, -0.2) is 16.3 Å². The number of rotatable bonds is 0. The normalized spacial score (nSPS) is 10.2. The van der Waals surface area contributed by atoms with Crippen LogP contribution in [0.2, 0.25) is 0 Å². The summed E-state index contributed by atoms with van der Waals surface area (Å²) in [6.45, 7) is 0. The molecule has 0 aliphatic rings. The summed E-state index contributed by atoms with van der Waals surface area (Å²) in [6, 6.07) is 15.1. The molecule has 11 heavy (non-hydrogen) atoms. The Hall–Kier alpha value is -0.768. The molecule has 0 saturated heterocycles. The molecular formula is C10H9Al. The van der Waals surface area contributed by atoms with E-state index in [0.29, 0.717) is 0 Å². The summed E-state index contributed by atoms with van der Waals surface area (Å²) >= 11 is 1.14. The molecule has 0 aliphatic carbocycles. The van der Waals surface area contributed by atoms with Crippen molar-refractivity contribution in [3.05, 3.63) is 42.5 Å². The van der Waals surface area contributed by atoms with E-state index in [1.54, 1.807) is 0 Å². The smallest absolute Gasteiger partial charge is 0.120 e. The molecule has 0 radical (unpaired) electrons. The van der Waals surface area contributed by atoms with Crippen molar-refractivity contribution in [1.29, 1.82) is 0 Å². The molecule has 2 aromatic rings. The summed E-state index contributed by atoms with van der Waals surface area (Å²) < 4.78 is 1.46. The summed E-state index contributed by atoms with van der Waals surface area (Å²) in [5.74, 6) is 0. The van der Waals surface area contributed by atoms with Crippen molar-refractivity contribution in [2.75, 3.05) is 0 Å². The molecular weight excluding hydrogens is 147 g/mol. The van der Waals surface area contributed by atoms with Gasteiger partial charge in [0, 0.05) is 0 Å². The van der Waals surface area contributed by atoms with Crippen LogP contribution in [0.4, 0.5) is 0 Å². The molecule has 0 amide bonds. The van der Waals surface area contributed by atoms with Gasteiger partial charge in [0.15, 0.2) is 0 Å². The van der Waals surface area contributed by atoms with Crippen LogP contribution in [0.25, 0.3) is 10.8 Å². The molecule has 2 rings (SSSR count). The molecule has 0 atom stereocenters. The zero-order valence-corrected chi connectivity index (χ0v) is 8.54. The fourth-order valence-electron chi connectivity index (χ4n) is 1.31. The van der Waals surface area contributed by atoms with Crippen LogP contribution in [0.15, 0.2) is 42.5 Å². The van der Waals surface area contributed by atoms with Gasteiger partial charge in [0.25, 0.3) is 16.3 Å². The van der Waals surface area contributed by atoms with E-state index in [2.05, 4.69) is 42.5 Å². The van der Waals surface area contributed by atoms with Gasteiger partial charge >= 0.3 is 0 Å². The molecule has 0 saturated carbocycles. The lowest BCUT2D eigenvalue weighted by atomic mass is 10.1. The fraction of sp³-hybridized carbons (Fsp3) is 0. The zero-order valence-electron chi connectivity index (χ0n) is 6.54. The van der Waals surface area contributed by atoms with Gasteiger partial charge in [0.2, 0.25) is 0 Å². The van der Waals surface area contributed by atoms with Crippen LogP contribution in [0.5, 0.6) is 0 Å². The Morgan fingerprint density at radius 1 is 0.818 bits per heavy atom. The van der Waals surface area contributed by atoms with Gasteiger partial charge in [-0.1, -0.05) is 42.5 Å². The molecule has 0 bridgehead atoms. The van der Waals surface area contributed by atoms with Crippen molar-refractivity contribution in [3.8, 4) is 0 Å². The number of hydrogen-bond acceptors (Lipinski definition) is 0. The van der Waals surface area contributed by atoms with Gasteiger partial charge in [0.1, 0.15) is 0 Å². The van der Waals surface area contributed by atoms with Gasteiger partial charge in [-0.15, -0.1) is 4.43 Å². The predicted octanol–water partition coefficient (Wildman–Crippen LogP) is 1.10. The zero-order chi connectivity index (χ0) is 7.68. The highest BCUT2D eigenvalue weighted by atomic mass is 27.0. The predicted molar refractivity (Wildman–Crippen MR) is 52.1 cm³/mol. The fourth-order valence-corrected chi connectivity index (χ4v) is 1.79. The Labute approximate surface area is 74.3 Å². The molecule has 0 spiro atoms. The first-order valence-corrected chi connectivity index (χ1v) is 4.82. The third-order valence-electron chi connectivity index (χ3n) is 1.90. The first-order chi connectivity index (χ1) is 5.36. The average Bonchev–Trinajstić information content (AvgIpc) is 2.04. The van der Waals surface area contributed by atoms with Crippen LogP contribution >= 0.6 is 0 Å². The Kier molecular flexibility index (Phi) is 1.69. The van der Waals surface area contributed by atoms with Gasteiger partial charge in [-0.25, -0.2) is 0 Å². The molecule has 0 nitrogen and oxygen atoms in total. The van der Waals surface area contributed by atoms with Crippen LogP contribution in [-0.2, 0) is 0 Å². The second-order valence-corrected chi connectivity index (χ2v) is 4.01. The second kappa shape index (κ2) is 2.70. The van der Waals surface area contributed by atoms with Crippen molar-refractivity contribution < 1.29 is 0 Å². The van der Waals surface area contributed by atoms with Crippen LogP contribution in [0.3, 0.4) is 0 Å². The summed E-state index contributed by atoms with van der Waals surface area (Å²) in [5.41, 5.74) is 0. The highest BCUT2D eigenvalue weighted by Gasteiger charge is 1.89. The first-order valence-electron chi connectivity index (χ1n) is 3.82. The van der Waals surface area contributed by atoms with Gasteiger partial charge < -0.3 is 0 Å². The van der Waals surface area contributed by atoms with Crippen molar-refractivity contribution >= 4 is 31.5 Å². The lowest BCUT2D eigenvalue weighted by Crippen LogP contribution is -1.99. The minimum Gasteiger partial charge on any atom is -0.120 e. The molecule has 0 aromatic heterocycles. The van der Waals surface area contributed by atoms with E-state index in [1.807, 2.05) is 0 Å². The lowest BCUT2D eigenvalue weighted by molar-refractivity contribution is 1.78. The topological polar surface area (TPSA) is 0 Å². The Morgan fingerprint density at radius 3 is 2.36 bits per heavy atom. The highest BCUT2D eigenvalue weighted by Crippen LogP contribution is 2.09. The first kappa shape index (κ1) is 6.91. The van der Waals surface area contributed by atoms with E-state index in [4.69, 9.17) is 0 Å². The largest absolute Gasteiger partial charge is 0.258 e. The van der Waals surface area contributed by atoms with Crippen molar-refractivity contribution in [1.82, 2.24) is 0 Å². The van der Waals surface area contributed by atoms with Crippen LogP contribution in [0.1, 0.15) is 0 Å². The second-order valence-electron chi connectivity index (χ2n) is 2.85. The summed E-state index contributed by atoms with van der Waals surface area (Å²) in [6.07, 6.45) is 0. The molecule has 0 unspecified atom stereocenters. The summed E-state index contributed by atoms with van der Waals surface area (Å²) in [7, 11) is 0. The number of hydrogen-bond donors (Lipinski definition) is 0. The van der Waals surface area contributed by atoms with Gasteiger partial charge in [-0.2, -0.15) is 0 Å². The van der Waals surface area contributed by atoms with Crippen LogP contribution in [0, 0.1) is 0 Å². The minimum atomic E-state index is 1.14. The maximum Gasteiger partial charge on any atom is 0.258 e. The summed E-state index contributed by atoms with van der Waals surface area (Å²) in [5, 5.41) is 2.70. The molecule has 0 N–H and O–H groups in total. The molecule has 1 heteroatoms. The van der Waals surface area contributed by atoms with E-state index in [0.717, 1.165) is 16.3 Å². The number of fused-ring (bicyclic) bond motifs is 1. The van der Waals surface area contributed by atoms with Crippen molar-refractivity contribution in [2.45, 2.75) is 0 Å². The maximum absolute atomic E-state index is 2.27. The van der Waals surface area contributed by atoms with E-state index in [9.17, 15) is 0 Å². The third-order valence-corrected chi connectivity index (χ3v) is 2.53. The van der Waals surface area contributed by atoms with E-state index < -0.39 is 0 Å². The Morgan fingerprint density at radius 2 is 1.55 bits per heavy atom. The Bertz CT molecular complexity index is 379. The molecule has 52 valence electrons. The molecule has 0 aliphatic heterocycles. The average molecular weight is 156 g/mol. The quantitative estimate of drug-likeness (QED) is 0.501. The van der Waals surface area contributed by atoms with Gasteiger partial charge in [0.05, 0.1) is 0 Å². The minimum absolute atomic E-state index is 1.14. The Balaban J connectivity index is 2.83. The van der Waals surface area contributed by atoms with Gasteiger partial charge in [-0.3, -0.25) is 0 Å². The summed E-state index contributed by atoms with van der Waals surface area (Å²) in [4.78, 5) is 0. The highest BCUT2D eigenvalue weighted by molar-refractivity contribution is 6.33. The SMILES string of the molecule is [AlH2][c]1ccc2ccccc2c1. The standard InChI is InChI=1S/C10H7.Al.2H/c1-2-6-10-8-4-3-7-9(10)5-1;;;/h1-3,5-8H;;;. The molecule has 0 fully saturated rings. The third kappa shape index (κ3) is 1.31. The van der Waals surface area contributed by atoms with E-state index in [1.165, 1.54) is 15.2 Å². The van der Waals surface area contributed by atoms with E-state index in [-0.39, 0.29) is 0 Å². The monoisotopic (exact) mass is 156 g/mol.